The summed E-state index contributed by atoms with van der Waals surface area (Å²) >= 11 is 0. The van der Waals surface area contributed by atoms with E-state index in [-0.39, 0.29) is 0 Å². The monoisotopic (exact) mass is 396 g/mol. The normalized spacial score (nSPS) is 11.1. The maximum Gasteiger partial charge on any atom is 0.0799 e. The van der Waals surface area contributed by atoms with E-state index >= 15 is 0 Å². The van der Waals surface area contributed by atoms with Gasteiger partial charge in [-0.1, -0.05) is 70.8 Å². The van der Waals surface area contributed by atoms with Gasteiger partial charge in [0.05, 0.1) is 5.44 Å². The number of hydrogen-bond acceptors (Lipinski definition) is 2. The number of pyridine rings is 2. The third-order valence-corrected chi connectivity index (χ3v) is 7.23. The highest BCUT2D eigenvalue weighted by atomic mass is 31.1. The van der Waals surface area contributed by atoms with Crippen molar-refractivity contribution >= 4 is 24.0 Å². The van der Waals surface area contributed by atoms with Crippen LogP contribution in [-0.2, 0) is 0 Å². The van der Waals surface area contributed by atoms with E-state index < -0.39 is 7.92 Å². The molecule has 0 saturated carbocycles. The van der Waals surface area contributed by atoms with Crippen LogP contribution < -0.4 is 16.0 Å². The predicted octanol–water partition coefficient (Wildman–Crippen LogP) is 5.14. The maximum absolute atomic E-state index is 4.93. The van der Waals surface area contributed by atoms with Gasteiger partial charge in [-0.05, 0) is 50.4 Å². The Kier molecular flexibility index (Phi) is 5.56. The van der Waals surface area contributed by atoms with Gasteiger partial charge in [0.25, 0.3) is 0 Å². The molecule has 0 amide bonds. The van der Waals surface area contributed by atoms with Crippen molar-refractivity contribution in [2.75, 3.05) is 0 Å². The van der Waals surface area contributed by atoms with Crippen molar-refractivity contribution in [2.45, 2.75) is 27.7 Å². The number of hydrogen-bond donors (Lipinski definition) is 0. The average Bonchev–Trinajstić information content (AvgIpc) is 2.68. The summed E-state index contributed by atoms with van der Waals surface area (Å²) in [6.07, 6.45) is 5.66. The molecule has 0 spiro atoms. The lowest BCUT2D eigenvalue weighted by Crippen LogP contribution is -2.25. The Labute approximate surface area is 174 Å². The number of benzene rings is 2. The second-order valence-corrected chi connectivity index (χ2v) is 9.77. The Hall–Kier alpha value is -2.83. The van der Waals surface area contributed by atoms with E-state index in [1.807, 2.05) is 30.7 Å². The van der Waals surface area contributed by atoms with E-state index in [2.05, 4.69) is 81.2 Å². The minimum atomic E-state index is -0.794. The van der Waals surface area contributed by atoms with Crippen LogP contribution in [0.2, 0.25) is 0 Å². The molecule has 0 aliphatic carbocycles. The molecule has 4 rings (SSSR count). The molecule has 2 nitrogen and oxygen atoms in total. The van der Waals surface area contributed by atoms with Gasteiger partial charge in [-0.15, -0.1) is 0 Å². The molecule has 0 bridgehead atoms. The minimum Gasteiger partial charge on any atom is -0.264 e. The van der Waals surface area contributed by atoms with Crippen molar-refractivity contribution in [1.29, 1.82) is 0 Å². The molecule has 2 aromatic heterocycles. The molecule has 3 heteroatoms. The summed E-state index contributed by atoms with van der Waals surface area (Å²) in [7, 11) is -0.794. The van der Waals surface area contributed by atoms with Gasteiger partial charge < -0.3 is 0 Å². The standard InChI is InChI=1S/C26H25N2P/c1-18-11-19(2)14-23(13-18)29(24-15-20(3)12-21(4)16-24)26-25(8-6-10-28-26)22-7-5-9-27-17-22/h5-17H,1-4H3. The number of rotatable bonds is 4. The lowest BCUT2D eigenvalue weighted by atomic mass is 10.1. The van der Waals surface area contributed by atoms with Gasteiger partial charge >= 0.3 is 0 Å². The zero-order valence-electron chi connectivity index (χ0n) is 17.3. The highest BCUT2D eigenvalue weighted by molar-refractivity contribution is 7.79. The third kappa shape index (κ3) is 4.28. The van der Waals surface area contributed by atoms with E-state index in [9.17, 15) is 0 Å². The summed E-state index contributed by atoms with van der Waals surface area (Å²) in [6.45, 7) is 8.69. The summed E-state index contributed by atoms with van der Waals surface area (Å²) in [5.74, 6) is 0. The summed E-state index contributed by atoms with van der Waals surface area (Å²) in [6, 6.07) is 22.0. The van der Waals surface area contributed by atoms with Crippen molar-refractivity contribution in [3.63, 3.8) is 0 Å². The first-order valence-corrected chi connectivity index (χ1v) is 11.2. The Balaban J connectivity index is 2.00. The lowest BCUT2D eigenvalue weighted by Gasteiger charge is -2.23. The molecule has 0 atom stereocenters. The first kappa shape index (κ1) is 19.5. The van der Waals surface area contributed by atoms with Gasteiger partial charge in [0.1, 0.15) is 0 Å². The third-order valence-electron chi connectivity index (χ3n) is 4.90. The molecule has 2 heterocycles. The maximum atomic E-state index is 4.93. The molecule has 0 aliphatic heterocycles. The SMILES string of the molecule is Cc1cc(C)cc(P(c2cc(C)cc(C)c2)c2ncccc2-c2cccnc2)c1. The van der Waals surface area contributed by atoms with Crippen LogP contribution in [0.1, 0.15) is 22.3 Å². The van der Waals surface area contributed by atoms with Crippen molar-refractivity contribution in [1.82, 2.24) is 9.97 Å². The van der Waals surface area contributed by atoms with Crippen LogP contribution in [0.15, 0.2) is 79.3 Å². The molecule has 29 heavy (non-hydrogen) atoms. The molecule has 144 valence electrons. The van der Waals surface area contributed by atoms with Gasteiger partial charge in [-0.2, -0.15) is 0 Å². The largest absolute Gasteiger partial charge is 0.264 e. The first-order valence-electron chi connectivity index (χ1n) is 9.83. The first-order chi connectivity index (χ1) is 14.0. The number of nitrogens with zero attached hydrogens (tertiary/aromatic N) is 2. The zero-order valence-corrected chi connectivity index (χ0v) is 18.2. The highest BCUT2D eigenvalue weighted by Crippen LogP contribution is 2.37. The topological polar surface area (TPSA) is 25.8 Å². The number of aryl methyl sites for hydroxylation is 4. The fourth-order valence-electron chi connectivity index (χ4n) is 3.88. The van der Waals surface area contributed by atoms with E-state index in [0.29, 0.717) is 0 Å². The fraction of sp³-hybridized carbons (Fsp3) is 0.154. The summed E-state index contributed by atoms with van der Waals surface area (Å²) in [5, 5.41) is 2.68. The van der Waals surface area contributed by atoms with Gasteiger partial charge in [0, 0.05) is 37.6 Å². The van der Waals surface area contributed by atoms with Crippen LogP contribution in [0.25, 0.3) is 11.1 Å². The quantitative estimate of drug-likeness (QED) is 0.447. The lowest BCUT2D eigenvalue weighted by molar-refractivity contribution is 1.32. The van der Waals surface area contributed by atoms with Crippen molar-refractivity contribution < 1.29 is 0 Å². The van der Waals surface area contributed by atoms with Crippen molar-refractivity contribution in [2.24, 2.45) is 0 Å². The van der Waals surface area contributed by atoms with E-state index in [4.69, 9.17) is 4.98 Å². The smallest absolute Gasteiger partial charge is 0.0799 e. The molecule has 2 aromatic carbocycles. The van der Waals surface area contributed by atoms with Crippen molar-refractivity contribution in [3.8, 4) is 11.1 Å². The van der Waals surface area contributed by atoms with Crippen LogP contribution in [0.3, 0.4) is 0 Å². The Bertz CT molecular complexity index is 1060. The van der Waals surface area contributed by atoms with E-state index in [1.54, 1.807) is 0 Å². The number of aromatic nitrogens is 2. The molecule has 0 fully saturated rings. The van der Waals surface area contributed by atoms with Gasteiger partial charge in [-0.25, -0.2) is 0 Å². The summed E-state index contributed by atoms with van der Waals surface area (Å²) < 4.78 is 0. The van der Waals surface area contributed by atoms with Gasteiger partial charge in [0.15, 0.2) is 0 Å². The molecule has 4 aromatic rings. The molecule has 0 saturated heterocycles. The molecule has 0 radical (unpaired) electrons. The minimum absolute atomic E-state index is 0.794. The van der Waals surface area contributed by atoms with Gasteiger partial charge in [0.2, 0.25) is 0 Å². The van der Waals surface area contributed by atoms with Gasteiger partial charge in [-0.3, -0.25) is 9.97 Å². The Morgan fingerprint density at radius 1 is 0.655 bits per heavy atom. The van der Waals surface area contributed by atoms with Crippen LogP contribution >= 0.6 is 7.92 Å². The molecule has 0 unspecified atom stereocenters. The Morgan fingerprint density at radius 3 is 1.72 bits per heavy atom. The molecular weight excluding hydrogens is 371 g/mol. The second-order valence-electron chi connectivity index (χ2n) is 7.64. The van der Waals surface area contributed by atoms with E-state index in [0.717, 1.165) is 16.6 Å². The summed E-state index contributed by atoms with van der Waals surface area (Å²) in [4.78, 5) is 9.27. The zero-order chi connectivity index (χ0) is 20.4. The summed E-state index contributed by atoms with van der Waals surface area (Å²) in [5.41, 5.74) is 8.55. The van der Waals surface area contributed by atoms with Crippen LogP contribution in [0, 0.1) is 27.7 Å². The molecule has 0 N–H and O–H groups in total. The molecular formula is C26H25N2P. The Morgan fingerprint density at radius 2 is 1.21 bits per heavy atom. The van der Waals surface area contributed by atoms with Crippen LogP contribution in [0.4, 0.5) is 0 Å². The second kappa shape index (κ2) is 8.27. The van der Waals surface area contributed by atoms with Crippen molar-refractivity contribution in [3.05, 3.63) is 102 Å². The molecule has 0 aliphatic rings. The highest BCUT2D eigenvalue weighted by Gasteiger charge is 2.23. The average molecular weight is 396 g/mol. The fourth-order valence-corrected chi connectivity index (χ4v) is 6.62. The predicted molar refractivity (Wildman–Crippen MR) is 125 cm³/mol. The van der Waals surface area contributed by atoms with E-state index in [1.165, 1.54) is 32.9 Å². The van der Waals surface area contributed by atoms with Crippen LogP contribution in [0.5, 0.6) is 0 Å². The van der Waals surface area contributed by atoms with Crippen LogP contribution in [-0.4, -0.2) is 9.97 Å².